The zero-order valence-electron chi connectivity index (χ0n) is 9.42. The Hall–Kier alpha value is -2.17. The van der Waals surface area contributed by atoms with Gasteiger partial charge in [0.1, 0.15) is 0 Å². The number of hydrogen-bond acceptors (Lipinski definition) is 4. The van der Waals surface area contributed by atoms with E-state index in [1.807, 2.05) is 30.3 Å². The summed E-state index contributed by atoms with van der Waals surface area (Å²) in [6.45, 7) is 1.07. The molecule has 0 amide bonds. The summed E-state index contributed by atoms with van der Waals surface area (Å²) in [5.41, 5.74) is 0.706. The third-order valence-electron chi connectivity index (χ3n) is 1.98. The Kier molecular flexibility index (Phi) is 4.87. The number of carbonyl (C=O) groups excluding carboxylic acids is 1. The van der Waals surface area contributed by atoms with Crippen molar-refractivity contribution in [2.45, 2.75) is 13.3 Å². The first-order valence-corrected chi connectivity index (χ1v) is 5.05. The van der Waals surface area contributed by atoms with Gasteiger partial charge in [0.05, 0.1) is 0 Å². The Bertz CT molecular complexity index is 425. The summed E-state index contributed by atoms with van der Waals surface area (Å²) in [5.74, 6) is -1.32. The Balaban J connectivity index is 2.36. The molecule has 1 N–H and O–H groups in total. The molecule has 0 saturated carbocycles. The number of ketones is 1. The number of Topliss-reactive ketones (excluding diaryl/α,β-unsaturated/α-hetero) is 1. The van der Waals surface area contributed by atoms with E-state index in [0.29, 0.717) is 0 Å². The number of aliphatic carboxylic acids is 1. The van der Waals surface area contributed by atoms with E-state index in [-0.39, 0.29) is 24.5 Å². The molecule has 0 aromatic heterocycles. The van der Waals surface area contributed by atoms with E-state index >= 15 is 0 Å². The normalized spacial score (nSPS) is 11.0. The van der Waals surface area contributed by atoms with Crippen LogP contribution in [0.2, 0.25) is 0 Å². The third kappa shape index (κ3) is 4.92. The molecule has 5 heteroatoms. The van der Waals surface area contributed by atoms with Gasteiger partial charge < -0.3 is 9.94 Å². The second-order valence-electron chi connectivity index (χ2n) is 3.46. The zero-order chi connectivity index (χ0) is 12.7. The van der Waals surface area contributed by atoms with Crippen LogP contribution in [0.4, 0.5) is 0 Å². The van der Waals surface area contributed by atoms with Crippen molar-refractivity contribution in [1.82, 2.24) is 0 Å². The van der Waals surface area contributed by atoms with Crippen LogP contribution in [-0.4, -0.2) is 29.2 Å². The van der Waals surface area contributed by atoms with Crippen LogP contribution < -0.4 is 0 Å². The minimum Gasteiger partial charge on any atom is -0.477 e. The lowest BCUT2D eigenvalue weighted by Crippen LogP contribution is -2.13. The molecule has 0 unspecified atom stereocenters. The smallest absolute Gasteiger partial charge is 0.353 e. The Morgan fingerprint density at radius 1 is 1.29 bits per heavy atom. The maximum atomic E-state index is 11.4. The Labute approximate surface area is 98.7 Å². The molecule has 0 aliphatic heterocycles. The third-order valence-corrected chi connectivity index (χ3v) is 1.98. The molecule has 0 heterocycles. The molecule has 17 heavy (non-hydrogen) atoms. The summed E-state index contributed by atoms with van der Waals surface area (Å²) in [4.78, 5) is 26.4. The lowest BCUT2D eigenvalue weighted by molar-refractivity contribution is -0.130. The van der Waals surface area contributed by atoms with Crippen molar-refractivity contribution in [3.05, 3.63) is 35.9 Å². The number of hydrogen-bond donors (Lipinski definition) is 1. The molecular weight excluding hydrogens is 222 g/mol. The maximum absolute atomic E-state index is 11.4. The van der Waals surface area contributed by atoms with Crippen molar-refractivity contribution in [1.29, 1.82) is 0 Å². The number of nitrogens with zero attached hydrogens (tertiary/aromatic N) is 1. The van der Waals surface area contributed by atoms with Gasteiger partial charge in [-0.2, -0.15) is 0 Å². The monoisotopic (exact) mass is 235 g/mol. The van der Waals surface area contributed by atoms with Gasteiger partial charge in [0, 0.05) is 6.42 Å². The second kappa shape index (κ2) is 6.42. The molecule has 1 rings (SSSR count). The van der Waals surface area contributed by atoms with E-state index in [9.17, 15) is 9.59 Å². The van der Waals surface area contributed by atoms with E-state index in [1.54, 1.807) is 0 Å². The minimum atomic E-state index is -1.17. The highest BCUT2D eigenvalue weighted by molar-refractivity contribution is 6.34. The molecule has 0 bridgehead atoms. The van der Waals surface area contributed by atoms with Crippen molar-refractivity contribution >= 4 is 17.5 Å². The van der Waals surface area contributed by atoms with E-state index in [1.165, 1.54) is 6.92 Å². The van der Waals surface area contributed by atoms with Gasteiger partial charge >= 0.3 is 5.97 Å². The van der Waals surface area contributed by atoms with Gasteiger partial charge in [-0.05, 0) is 12.5 Å². The number of carboxylic acid groups (broad SMARTS) is 1. The van der Waals surface area contributed by atoms with Crippen LogP contribution in [0, 0.1) is 0 Å². The quantitative estimate of drug-likeness (QED) is 0.595. The van der Waals surface area contributed by atoms with E-state index in [4.69, 9.17) is 5.11 Å². The number of oxime groups is 1. The van der Waals surface area contributed by atoms with Crippen LogP contribution in [-0.2, 0) is 20.8 Å². The molecule has 0 fully saturated rings. The van der Waals surface area contributed by atoms with Crippen molar-refractivity contribution in [2.75, 3.05) is 6.61 Å². The summed E-state index contributed by atoms with van der Waals surface area (Å²) in [6.07, 6.45) is 0.252. The molecule has 0 aliphatic rings. The number of rotatable bonds is 6. The largest absolute Gasteiger partial charge is 0.477 e. The highest BCUT2D eigenvalue weighted by Gasteiger charge is 2.05. The van der Waals surface area contributed by atoms with Crippen molar-refractivity contribution in [3.63, 3.8) is 0 Å². The molecule has 0 saturated heterocycles. The molecule has 0 spiro atoms. The molecule has 90 valence electrons. The highest BCUT2D eigenvalue weighted by Crippen LogP contribution is 2.00. The zero-order valence-corrected chi connectivity index (χ0v) is 9.42. The summed E-state index contributed by atoms with van der Waals surface area (Å²) in [5, 5.41) is 11.8. The molecule has 0 radical (unpaired) electrons. The molecular formula is C12H13NO4. The van der Waals surface area contributed by atoms with Crippen LogP contribution in [0.1, 0.15) is 12.5 Å². The van der Waals surface area contributed by atoms with Gasteiger partial charge in [-0.3, -0.25) is 4.79 Å². The summed E-state index contributed by atoms with van der Waals surface area (Å²) >= 11 is 0. The minimum absolute atomic E-state index is 0.155. The fourth-order valence-electron chi connectivity index (χ4n) is 1.11. The predicted molar refractivity (Wildman–Crippen MR) is 61.8 cm³/mol. The van der Waals surface area contributed by atoms with Crippen molar-refractivity contribution in [3.8, 4) is 0 Å². The van der Waals surface area contributed by atoms with Crippen LogP contribution in [0.25, 0.3) is 0 Å². The molecule has 1 aromatic carbocycles. The number of carboxylic acids is 1. The van der Waals surface area contributed by atoms with Crippen molar-refractivity contribution < 1.29 is 19.5 Å². The van der Waals surface area contributed by atoms with E-state index < -0.39 is 5.97 Å². The first kappa shape index (κ1) is 12.9. The van der Waals surface area contributed by atoms with Crippen LogP contribution in [0.15, 0.2) is 35.5 Å². The van der Waals surface area contributed by atoms with Crippen LogP contribution in [0.5, 0.6) is 0 Å². The van der Waals surface area contributed by atoms with Crippen LogP contribution in [0.3, 0.4) is 0 Å². The van der Waals surface area contributed by atoms with E-state index in [2.05, 4.69) is 9.99 Å². The average Bonchev–Trinajstić information content (AvgIpc) is 2.30. The molecule has 0 aliphatic carbocycles. The van der Waals surface area contributed by atoms with Gasteiger partial charge in [0.15, 0.2) is 18.1 Å². The van der Waals surface area contributed by atoms with Gasteiger partial charge in [-0.15, -0.1) is 0 Å². The highest BCUT2D eigenvalue weighted by atomic mass is 16.6. The van der Waals surface area contributed by atoms with E-state index in [0.717, 1.165) is 5.56 Å². The van der Waals surface area contributed by atoms with Crippen LogP contribution >= 0.6 is 0 Å². The lowest BCUT2D eigenvalue weighted by atomic mass is 10.1. The summed E-state index contributed by atoms with van der Waals surface area (Å²) < 4.78 is 0. The Morgan fingerprint density at radius 2 is 1.94 bits per heavy atom. The first-order chi connectivity index (χ1) is 8.09. The molecule has 5 nitrogen and oxygen atoms in total. The van der Waals surface area contributed by atoms with Gasteiger partial charge in [0.2, 0.25) is 0 Å². The van der Waals surface area contributed by atoms with Gasteiger partial charge in [-0.25, -0.2) is 4.79 Å². The first-order valence-electron chi connectivity index (χ1n) is 5.05. The predicted octanol–water partition coefficient (Wildman–Crippen LogP) is 1.28. The number of carbonyl (C=O) groups is 2. The summed E-state index contributed by atoms with van der Waals surface area (Å²) in [6, 6.07) is 9.23. The van der Waals surface area contributed by atoms with Gasteiger partial charge in [-0.1, -0.05) is 35.5 Å². The SMILES string of the molecule is CC(=NOCC(=O)Cc1ccccc1)C(=O)O. The number of benzene rings is 1. The topological polar surface area (TPSA) is 76.0 Å². The molecule has 1 aromatic rings. The van der Waals surface area contributed by atoms with Gasteiger partial charge in [0.25, 0.3) is 0 Å². The fraction of sp³-hybridized carbons (Fsp3) is 0.250. The maximum Gasteiger partial charge on any atom is 0.353 e. The average molecular weight is 235 g/mol. The molecule has 0 atom stereocenters. The van der Waals surface area contributed by atoms with Crippen molar-refractivity contribution in [2.24, 2.45) is 5.16 Å². The Morgan fingerprint density at radius 3 is 2.53 bits per heavy atom. The fourth-order valence-corrected chi connectivity index (χ4v) is 1.11. The second-order valence-corrected chi connectivity index (χ2v) is 3.46. The summed E-state index contributed by atoms with van der Waals surface area (Å²) in [7, 11) is 0. The standard InChI is InChI=1S/C12H13NO4/c1-9(12(15)16)13-17-8-11(14)7-10-5-3-2-4-6-10/h2-6H,7-8H2,1H3,(H,15,16). The lowest BCUT2D eigenvalue weighted by Gasteiger charge is -2.00.